The Kier molecular flexibility index (Phi) is 5.74. The molecule has 0 bridgehead atoms. The SMILES string of the molecule is O=c1[nH]c(CN(Cc2ccc(F)cc2)C2CCCCC2)nc2cc(Cl)ccc12. The summed E-state index contributed by atoms with van der Waals surface area (Å²) in [5.41, 5.74) is 1.51. The Bertz CT molecular complexity index is 1010. The van der Waals surface area contributed by atoms with Gasteiger partial charge in [-0.25, -0.2) is 9.37 Å². The molecule has 0 amide bonds. The zero-order valence-electron chi connectivity index (χ0n) is 15.6. The van der Waals surface area contributed by atoms with Gasteiger partial charge in [-0.2, -0.15) is 0 Å². The molecule has 0 saturated heterocycles. The Labute approximate surface area is 168 Å². The molecule has 1 N–H and O–H groups in total. The van der Waals surface area contributed by atoms with Gasteiger partial charge in [-0.1, -0.05) is 43.0 Å². The lowest BCUT2D eigenvalue weighted by atomic mass is 9.93. The largest absolute Gasteiger partial charge is 0.309 e. The standard InChI is InChI=1S/C22H23ClFN3O/c23-16-8-11-19-20(12-16)25-21(26-22(19)28)14-27(18-4-2-1-3-5-18)13-15-6-9-17(24)10-7-15/h6-12,18H,1-5,13-14H2,(H,25,26,28). The Morgan fingerprint density at radius 3 is 2.57 bits per heavy atom. The van der Waals surface area contributed by atoms with Crippen LogP contribution in [0.15, 0.2) is 47.3 Å². The average Bonchev–Trinajstić information content (AvgIpc) is 2.69. The molecule has 1 heterocycles. The van der Waals surface area contributed by atoms with Crippen LogP contribution in [0.3, 0.4) is 0 Å². The predicted molar refractivity (Wildman–Crippen MR) is 110 cm³/mol. The van der Waals surface area contributed by atoms with Crippen molar-refractivity contribution in [2.75, 3.05) is 0 Å². The van der Waals surface area contributed by atoms with E-state index in [0.29, 0.717) is 40.9 Å². The summed E-state index contributed by atoms with van der Waals surface area (Å²) in [6, 6.07) is 12.2. The van der Waals surface area contributed by atoms with E-state index in [9.17, 15) is 9.18 Å². The molecule has 4 rings (SSSR count). The molecule has 0 unspecified atom stereocenters. The van der Waals surface area contributed by atoms with Crippen molar-refractivity contribution in [1.82, 2.24) is 14.9 Å². The molecule has 1 aliphatic rings. The van der Waals surface area contributed by atoms with Gasteiger partial charge in [0.15, 0.2) is 0 Å². The van der Waals surface area contributed by atoms with Gasteiger partial charge in [-0.05, 0) is 48.7 Å². The highest BCUT2D eigenvalue weighted by Gasteiger charge is 2.22. The van der Waals surface area contributed by atoms with E-state index >= 15 is 0 Å². The first-order valence-electron chi connectivity index (χ1n) is 9.75. The van der Waals surface area contributed by atoms with Gasteiger partial charge in [-0.3, -0.25) is 9.69 Å². The summed E-state index contributed by atoms with van der Waals surface area (Å²) in [4.78, 5) is 22.4. The summed E-state index contributed by atoms with van der Waals surface area (Å²) in [7, 11) is 0. The van der Waals surface area contributed by atoms with E-state index in [1.165, 1.54) is 31.4 Å². The quantitative estimate of drug-likeness (QED) is 0.653. The first-order chi connectivity index (χ1) is 13.6. The highest BCUT2D eigenvalue weighted by molar-refractivity contribution is 6.31. The van der Waals surface area contributed by atoms with Gasteiger partial charge in [0.1, 0.15) is 11.6 Å². The van der Waals surface area contributed by atoms with Crippen LogP contribution in [0.1, 0.15) is 43.5 Å². The Morgan fingerprint density at radius 2 is 1.82 bits per heavy atom. The van der Waals surface area contributed by atoms with E-state index in [2.05, 4.69) is 14.9 Å². The predicted octanol–water partition coefficient (Wildman–Crippen LogP) is 5.05. The summed E-state index contributed by atoms with van der Waals surface area (Å²) in [5, 5.41) is 1.10. The molecule has 0 radical (unpaired) electrons. The third kappa shape index (κ3) is 4.42. The number of hydrogen-bond acceptors (Lipinski definition) is 3. The maximum atomic E-state index is 13.3. The molecule has 3 aromatic rings. The molecular formula is C22H23ClFN3O. The van der Waals surface area contributed by atoms with Crippen molar-refractivity contribution in [1.29, 1.82) is 0 Å². The number of fused-ring (bicyclic) bond motifs is 1. The van der Waals surface area contributed by atoms with Crippen molar-refractivity contribution < 1.29 is 4.39 Å². The molecule has 0 aliphatic heterocycles. The normalized spacial score (nSPS) is 15.4. The van der Waals surface area contributed by atoms with Crippen molar-refractivity contribution in [3.8, 4) is 0 Å². The molecule has 28 heavy (non-hydrogen) atoms. The maximum absolute atomic E-state index is 13.3. The van der Waals surface area contributed by atoms with Gasteiger partial charge in [0, 0.05) is 17.6 Å². The molecule has 1 saturated carbocycles. The number of nitrogens with zero attached hydrogens (tertiary/aromatic N) is 2. The summed E-state index contributed by atoms with van der Waals surface area (Å²) in [5.74, 6) is 0.401. The molecule has 146 valence electrons. The highest BCUT2D eigenvalue weighted by Crippen LogP contribution is 2.25. The minimum Gasteiger partial charge on any atom is -0.309 e. The van der Waals surface area contributed by atoms with E-state index in [4.69, 9.17) is 11.6 Å². The second-order valence-corrected chi connectivity index (χ2v) is 7.93. The van der Waals surface area contributed by atoms with Crippen LogP contribution in [-0.4, -0.2) is 20.9 Å². The van der Waals surface area contributed by atoms with Gasteiger partial charge in [0.2, 0.25) is 0 Å². The van der Waals surface area contributed by atoms with Crippen molar-refractivity contribution in [3.63, 3.8) is 0 Å². The van der Waals surface area contributed by atoms with E-state index in [1.807, 2.05) is 12.1 Å². The lowest BCUT2D eigenvalue weighted by molar-refractivity contribution is 0.136. The van der Waals surface area contributed by atoms with Crippen LogP contribution in [0.2, 0.25) is 5.02 Å². The van der Waals surface area contributed by atoms with Crippen molar-refractivity contribution in [2.45, 2.75) is 51.2 Å². The monoisotopic (exact) mass is 399 g/mol. The topological polar surface area (TPSA) is 49.0 Å². The number of aromatic nitrogens is 2. The molecule has 0 spiro atoms. The molecule has 4 nitrogen and oxygen atoms in total. The minimum absolute atomic E-state index is 0.151. The first-order valence-corrected chi connectivity index (χ1v) is 10.1. The molecule has 0 atom stereocenters. The maximum Gasteiger partial charge on any atom is 0.258 e. The molecule has 1 fully saturated rings. The van der Waals surface area contributed by atoms with E-state index in [1.54, 1.807) is 18.2 Å². The van der Waals surface area contributed by atoms with Gasteiger partial charge in [-0.15, -0.1) is 0 Å². The van der Waals surface area contributed by atoms with Crippen LogP contribution < -0.4 is 5.56 Å². The number of aromatic amines is 1. The summed E-state index contributed by atoms with van der Waals surface area (Å²) < 4.78 is 13.3. The molecule has 1 aromatic heterocycles. The fourth-order valence-electron chi connectivity index (χ4n) is 4.01. The lowest BCUT2D eigenvalue weighted by Gasteiger charge is -2.34. The summed E-state index contributed by atoms with van der Waals surface area (Å²) >= 11 is 6.08. The number of nitrogens with one attached hydrogen (secondary N) is 1. The number of benzene rings is 2. The third-order valence-corrected chi connectivity index (χ3v) is 5.70. The first kappa shape index (κ1) is 19.1. The number of H-pyrrole nitrogens is 1. The summed E-state index contributed by atoms with van der Waals surface area (Å²) in [6.07, 6.45) is 5.95. The van der Waals surface area contributed by atoms with E-state index in [0.717, 1.165) is 18.4 Å². The Balaban J connectivity index is 1.63. The van der Waals surface area contributed by atoms with Gasteiger partial charge < -0.3 is 4.98 Å². The second-order valence-electron chi connectivity index (χ2n) is 7.50. The van der Waals surface area contributed by atoms with Crippen LogP contribution >= 0.6 is 11.6 Å². The lowest BCUT2D eigenvalue weighted by Crippen LogP contribution is -2.36. The summed E-state index contributed by atoms with van der Waals surface area (Å²) in [6.45, 7) is 1.24. The molecular weight excluding hydrogens is 377 g/mol. The fourth-order valence-corrected chi connectivity index (χ4v) is 4.18. The van der Waals surface area contributed by atoms with Gasteiger partial charge in [0.05, 0.1) is 17.4 Å². The zero-order chi connectivity index (χ0) is 19.5. The zero-order valence-corrected chi connectivity index (χ0v) is 16.4. The van der Waals surface area contributed by atoms with Crippen LogP contribution in [0.5, 0.6) is 0 Å². The molecule has 6 heteroatoms. The highest BCUT2D eigenvalue weighted by atomic mass is 35.5. The molecule has 2 aromatic carbocycles. The van der Waals surface area contributed by atoms with Crippen molar-refractivity contribution in [3.05, 3.63) is 75.0 Å². The minimum atomic E-state index is -0.231. The van der Waals surface area contributed by atoms with Gasteiger partial charge >= 0.3 is 0 Å². The van der Waals surface area contributed by atoms with Crippen LogP contribution in [0.4, 0.5) is 4.39 Å². The van der Waals surface area contributed by atoms with E-state index in [-0.39, 0.29) is 11.4 Å². The number of rotatable bonds is 5. The van der Waals surface area contributed by atoms with Gasteiger partial charge in [0.25, 0.3) is 5.56 Å². The second kappa shape index (κ2) is 8.41. The fraction of sp³-hybridized carbons (Fsp3) is 0.364. The smallest absolute Gasteiger partial charge is 0.258 e. The third-order valence-electron chi connectivity index (χ3n) is 5.46. The van der Waals surface area contributed by atoms with Crippen LogP contribution in [-0.2, 0) is 13.1 Å². The number of halogens is 2. The van der Waals surface area contributed by atoms with Crippen LogP contribution in [0.25, 0.3) is 10.9 Å². The number of hydrogen-bond donors (Lipinski definition) is 1. The average molecular weight is 400 g/mol. The Hall–Kier alpha value is -2.24. The van der Waals surface area contributed by atoms with Crippen LogP contribution in [0, 0.1) is 5.82 Å². The molecule has 1 aliphatic carbocycles. The van der Waals surface area contributed by atoms with E-state index < -0.39 is 0 Å². The Morgan fingerprint density at radius 1 is 1.07 bits per heavy atom. The van der Waals surface area contributed by atoms with Crippen molar-refractivity contribution in [2.24, 2.45) is 0 Å². The van der Waals surface area contributed by atoms with Crippen molar-refractivity contribution >= 4 is 22.5 Å².